The van der Waals surface area contributed by atoms with Crippen LogP contribution in [-0.2, 0) is 6.42 Å². The van der Waals surface area contributed by atoms with Crippen LogP contribution in [0.5, 0.6) is 5.75 Å². The summed E-state index contributed by atoms with van der Waals surface area (Å²) in [5, 5.41) is 18.6. The Balaban J connectivity index is 2.39. The molecule has 0 heterocycles. The fourth-order valence-electron chi connectivity index (χ4n) is 1.92. The van der Waals surface area contributed by atoms with Crippen LogP contribution >= 0.6 is 0 Å². The molecular formula is C15H14O3. The van der Waals surface area contributed by atoms with Crippen molar-refractivity contribution < 1.29 is 15.0 Å². The molecule has 2 N–H and O–H groups in total. The topological polar surface area (TPSA) is 57.5 Å². The van der Waals surface area contributed by atoms with Crippen molar-refractivity contribution >= 4 is 5.97 Å². The molecule has 3 heteroatoms. The first-order chi connectivity index (χ1) is 8.58. The number of phenols is 1. The summed E-state index contributed by atoms with van der Waals surface area (Å²) in [4.78, 5) is 11.0. The molecule has 2 aromatic rings. The second-order valence-corrected chi connectivity index (χ2v) is 4.26. The van der Waals surface area contributed by atoms with Gasteiger partial charge in [0.1, 0.15) is 11.3 Å². The quantitative estimate of drug-likeness (QED) is 0.869. The fraction of sp³-hybridized carbons (Fsp3) is 0.133. The van der Waals surface area contributed by atoms with Crippen LogP contribution in [-0.4, -0.2) is 16.2 Å². The van der Waals surface area contributed by atoms with Crippen LogP contribution < -0.4 is 0 Å². The third-order valence-corrected chi connectivity index (χ3v) is 2.92. The van der Waals surface area contributed by atoms with E-state index in [9.17, 15) is 9.90 Å². The Kier molecular flexibility index (Phi) is 3.33. The highest BCUT2D eigenvalue weighted by Gasteiger charge is 2.12. The fourth-order valence-corrected chi connectivity index (χ4v) is 1.92. The summed E-state index contributed by atoms with van der Waals surface area (Å²) in [5.41, 5.74) is 2.87. The zero-order valence-electron chi connectivity index (χ0n) is 10.1. The van der Waals surface area contributed by atoms with Crippen molar-refractivity contribution in [1.82, 2.24) is 0 Å². The van der Waals surface area contributed by atoms with Crippen molar-refractivity contribution in [1.29, 1.82) is 0 Å². The van der Waals surface area contributed by atoms with E-state index in [4.69, 9.17) is 5.11 Å². The molecule has 92 valence electrons. The molecule has 0 saturated carbocycles. The lowest BCUT2D eigenvalue weighted by Gasteiger charge is -2.09. The van der Waals surface area contributed by atoms with Crippen molar-refractivity contribution in [3.63, 3.8) is 0 Å². The first kappa shape index (κ1) is 12.2. The molecule has 0 fully saturated rings. The number of carboxylic acid groups (broad SMARTS) is 1. The molecule has 0 bridgehead atoms. The summed E-state index contributed by atoms with van der Waals surface area (Å²) in [5.74, 6) is -1.29. The molecule has 18 heavy (non-hydrogen) atoms. The van der Waals surface area contributed by atoms with E-state index in [1.165, 1.54) is 6.07 Å². The van der Waals surface area contributed by atoms with Crippen LogP contribution in [0.1, 0.15) is 27.0 Å². The van der Waals surface area contributed by atoms with Gasteiger partial charge in [-0.1, -0.05) is 30.3 Å². The Bertz CT molecular complexity index is 574. The number of aromatic hydroxyl groups is 1. The van der Waals surface area contributed by atoms with E-state index in [2.05, 4.69) is 0 Å². The standard InChI is InChI=1S/C15H14O3/c1-10-7-14(16)13(15(17)18)9-12(10)8-11-5-3-2-4-6-11/h2-7,9,16H,8H2,1H3,(H,17,18). The van der Waals surface area contributed by atoms with Gasteiger partial charge in [0.25, 0.3) is 0 Å². The lowest BCUT2D eigenvalue weighted by molar-refractivity contribution is 0.0693. The number of carboxylic acids is 1. The molecular weight excluding hydrogens is 228 g/mol. The number of aromatic carboxylic acids is 1. The van der Waals surface area contributed by atoms with Gasteiger partial charge in [-0.15, -0.1) is 0 Å². The molecule has 0 radical (unpaired) electrons. The smallest absolute Gasteiger partial charge is 0.339 e. The minimum atomic E-state index is -1.11. The molecule has 0 aliphatic heterocycles. The van der Waals surface area contributed by atoms with E-state index in [0.717, 1.165) is 16.7 Å². The molecule has 2 rings (SSSR count). The molecule has 0 aromatic heterocycles. The second kappa shape index (κ2) is 4.92. The molecule has 0 aliphatic rings. The van der Waals surface area contributed by atoms with Gasteiger partial charge in [-0.25, -0.2) is 4.79 Å². The maximum atomic E-state index is 11.0. The van der Waals surface area contributed by atoms with Crippen molar-refractivity contribution in [2.24, 2.45) is 0 Å². The summed E-state index contributed by atoms with van der Waals surface area (Å²) in [7, 11) is 0. The highest BCUT2D eigenvalue weighted by atomic mass is 16.4. The van der Waals surface area contributed by atoms with Crippen LogP contribution in [0.2, 0.25) is 0 Å². The normalized spacial score (nSPS) is 10.3. The molecule has 0 atom stereocenters. The lowest BCUT2D eigenvalue weighted by atomic mass is 9.97. The highest BCUT2D eigenvalue weighted by molar-refractivity contribution is 5.91. The predicted octanol–water partition coefficient (Wildman–Crippen LogP) is 2.99. The Labute approximate surface area is 105 Å². The Morgan fingerprint density at radius 3 is 2.44 bits per heavy atom. The van der Waals surface area contributed by atoms with E-state index in [1.54, 1.807) is 6.07 Å². The summed E-state index contributed by atoms with van der Waals surface area (Å²) in [6.45, 7) is 1.86. The van der Waals surface area contributed by atoms with Crippen molar-refractivity contribution in [2.75, 3.05) is 0 Å². The zero-order chi connectivity index (χ0) is 13.1. The molecule has 0 aliphatic carbocycles. The number of aryl methyl sites for hydroxylation is 1. The van der Waals surface area contributed by atoms with Gasteiger partial charge in [0.2, 0.25) is 0 Å². The third kappa shape index (κ3) is 2.51. The summed E-state index contributed by atoms with van der Waals surface area (Å²) >= 11 is 0. The van der Waals surface area contributed by atoms with E-state index in [0.29, 0.717) is 6.42 Å². The predicted molar refractivity (Wildman–Crippen MR) is 69.1 cm³/mol. The molecule has 0 unspecified atom stereocenters. The van der Waals surface area contributed by atoms with Gasteiger partial charge in [-0.3, -0.25) is 0 Å². The maximum absolute atomic E-state index is 11.0. The van der Waals surface area contributed by atoms with Gasteiger partial charge >= 0.3 is 5.97 Å². The van der Waals surface area contributed by atoms with Crippen LogP contribution in [0, 0.1) is 6.92 Å². The van der Waals surface area contributed by atoms with Gasteiger partial charge in [-0.05, 0) is 42.2 Å². The van der Waals surface area contributed by atoms with Crippen molar-refractivity contribution in [3.05, 3.63) is 64.7 Å². The number of rotatable bonds is 3. The Morgan fingerprint density at radius 1 is 1.17 bits per heavy atom. The van der Waals surface area contributed by atoms with E-state index >= 15 is 0 Å². The van der Waals surface area contributed by atoms with Crippen LogP contribution in [0.15, 0.2) is 42.5 Å². The molecule has 0 spiro atoms. The molecule has 0 amide bonds. The second-order valence-electron chi connectivity index (χ2n) is 4.26. The van der Waals surface area contributed by atoms with Gasteiger partial charge in [0, 0.05) is 0 Å². The lowest BCUT2D eigenvalue weighted by Crippen LogP contribution is -2.01. The minimum absolute atomic E-state index is 0.0495. The van der Waals surface area contributed by atoms with E-state index in [-0.39, 0.29) is 11.3 Å². The van der Waals surface area contributed by atoms with Gasteiger partial charge < -0.3 is 10.2 Å². The number of carbonyl (C=O) groups is 1. The van der Waals surface area contributed by atoms with Crippen molar-refractivity contribution in [2.45, 2.75) is 13.3 Å². The summed E-state index contributed by atoms with van der Waals surface area (Å²) in [6, 6.07) is 12.9. The average molecular weight is 242 g/mol. The average Bonchev–Trinajstić information content (AvgIpc) is 2.33. The van der Waals surface area contributed by atoms with Crippen LogP contribution in [0.4, 0.5) is 0 Å². The first-order valence-corrected chi connectivity index (χ1v) is 5.67. The van der Waals surface area contributed by atoms with Gasteiger partial charge in [0.05, 0.1) is 0 Å². The number of benzene rings is 2. The monoisotopic (exact) mass is 242 g/mol. The summed E-state index contributed by atoms with van der Waals surface area (Å²) < 4.78 is 0. The van der Waals surface area contributed by atoms with Gasteiger partial charge in [-0.2, -0.15) is 0 Å². The number of hydrogen-bond donors (Lipinski definition) is 2. The van der Waals surface area contributed by atoms with E-state index in [1.807, 2.05) is 37.3 Å². The Hall–Kier alpha value is -2.29. The van der Waals surface area contributed by atoms with Crippen LogP contribution in [0.3, 0.4) is 0 Å². The van der Waals surface area contributed by atoms with Gasteiger partial charge in [0.15, 0.2) is 0 Å². The zero-order valence-corrected chi connectivity index (χ0v) is 10.1. The first-order valence-electron chi connectivity index (χ1n) is 5.67. The van der Waals surface area contributed by atoms with Crippen molar-refractivity contribution in [3.8, 4) is 5.75 Å². The summed E-state index contributed by atoms with van der Waals surface area (Å²) in [6.07, 6.45) is 0.660. The third-order valence-electron chi connectivity index (χ3n) is 2.92. The Morgan fingerprint density at radius 2 is 1.83 bits per heavy atom. The molecule has 3 nitrogen and oxygen atoms in total. The largest absolute Gasteiger partial charge is 0.507 e. The molecule has 2 aromatic carbocycles. The van der Waals surface area contributed by atoms with Crippen LogP contribution in [0.25, 0.3) is 0 Å². The molecule has 0 saturated heterocycles. The number of hydrogen-bond acceptors (Lipinski definition) is 2. The minimum Gasteiger partial charge on any atom is -0.507 e. The SMILES string of the molecule is Cc1cc(O)c(C(=O)O)cc1Cc1ccccc1. The highest BCUT2D eigenvalue weighted by Crippen LogP contribution is 2.24. The maximum Gasteiger partial charge on any atom is 0.339 e. The van der Waals surface area contributed by atoms with E-state index < -0.39 is 5.97 Å².